The molecule has 0 aliphatic carbocycles. The monoisotopic (exact) mass is 282 g/mol. The minimum Gasteiger partial charge on any atom is -0.305 e. The smallest absolute Gasteiger partial charge is 0.0109 e. The van der Waals surface area contributed by atoms with E-state index in [-0.39, 0.29) is 0 Å². The first kappa shape index (κ1) is 10.7. The highest BCUT2D eigenvalue weighted by Crippen LogP contribution is 2.02. The maximum absolute atomic E-state index is 2.60. The molecule has 2 nitrogen and oxygen atoms in total. The molecule has 0 N–H and O–H groups in total. The van der Waals surface area contributed by atoms with Crippen LogP contribution in [0.2, 0.25) is 0 Å². The van der Waals surface area contributed by atoms with Gasteiger partial charge in [-0.1, -0.05) is 22.6 Å². The predicted octanol–water partition coefficient (Wildman–Crippen LogP) is 1.45. The standard InChI is InChI=1S/C9H19IN2/c1-11-5-3-7-12(9-8-11)6-2-4-10/h2-9H2,1H3. The Balaban J connectivity index is 2.17. The van der Waals surface area contributed by atoms with Crippen molar-refractivity contribution in [2.24, 2.45) is 0 Å². The molecule has 0 aromatic carbocycles. The molecule has 0 atom stereocenters. The van der Waals surface area contributed by atoms with E-state index in [1.165, 1.54) is 50.0 Å². The average molecular weight is 282 g/mol. The van der Waals surface area contributed by atoms with Crippen LogP contribution in [-0.4, -0.2) is 54.0 Å². The number of halogens is 1. The van der Waals surface area contributed by atoms with Crippen molar-refractivity contribution in [2.75, 3.05) is 44.2 Å². The van der Waals surface area contributed by atoms with E-state index in [1.54, 1.807) is 0 Å². The number of alkyl halides is 1. The Morgan fingerprint density at radius 3 is 2.75 bits per heavy atom. The van der Waals surface area contributed by atoms with Gasteiger partial charge in [-0.15, -0.1) is 0 Å². The summed E-state index contributed by atoms with van der Waals surface area (Å²) >= 11 is 2.46. The molecular formula is C9H19IN2. The Morgan fingerprint density at radius 1 is 1.17 bits per heavy atom. The van der Waals surface area contributed by atoms with Crippen LogP contribution < -0.4 is 0 Å². The minimum absolute atomic E-state index is 1.25. The van der Waals surface area contributed by atoms with Crippen LogP contribution in [0.4, 0.5) is 0 Å². The second-order valence-corrected chi connectivity index (χ2v) is 4.62. The van der Waals surface area contributed by atoms with Crippen molar-refractivity contribution in [1.29, 1.82) is 0 Å². The summed E-state index contributed by atoms with van der Waals surface area (Å²) in [7, 11) is 2.22. The van der Waals surface area contributed by atoms with E-state index in [0.29, 0.717) is 0 Å². The van der Waals surface area contributed by atoms with Gasteiger partial charge in [-0.2, -0.15) is 0 Å². The van der Waals surface area contributed by atoms with E-state index in [2.05, 4.69) is 39.4 Å². The second kappa shape index (κ2) is 6.16. The Hall–Kier alpha value is 0.650. The first-order valence-electron chi connectivity index (χ1n) is 4.80. The van der Waals surface area contributed by atoms with Crippen LogP contribution in [-0.2, 0) is 0 Å². The molecule has 1 rings (SSSR count). The van der Waals surface area contributed by atoms with Crippen LogP contribution in [0.25, 0.3) is 0 Å². The summed E-state index contributed by atoms with van der Waals surface area (Å²) < 4.78 is 1.30. The van der Waals surface area contributed by atoms with E-state index in [4.69, 9.17) is 0 Å². The zero-order valence-corrected chi connectivity index (χ0v) is 10.1. The quantitative estimate of drug-likeness (QED) is 0.571. The molecule has 0 aromatic heterocycles. The second-order valence-electron chi connectivity index (χ2n) is 3.54. The zero-order chi connectivity index (χ0) is 8.81. The van der Waals surface area contributed by atoms with Gasteiger partial charge >= 0.3 is 0 Å². The van der Waals surface area contributed by atoms with Crippen molar-refractivity contribution in [3.05, 3.63) is 0 Å². The van der Waals surface area contributed by atoms with Gasteiger partial charge < -0.3 is 9.80 Å². The summed E-state index contributed by atoms with van der Waals surface area (Å²) in [6, 6.07) is 0. The highest BCUT2D eigenvalue weighted by Gasteiger charge is 2.10. The molecule has 0 aromatic rings. The van der Waals surface area contributed by atoms with Crippen molar-refractivity contribution in [1.82, 2.24) is 9.80 Å². The normalized spacial score (nSPS) is 22.5. The van der Waals surface area contributed by atoms with Gasteiger partial charge in [-0.3, -0.25) is 0 Å². The van der Waals surface area contributed by atoms with E-state index < -0.39 is 0 Å². The van der Waals surface area contributed by atoms with Crippen LogP contribution in [0.5, 0.6) is 0 Å². The van der Waals surface area contributed by atoms with Gasteiger partial charge in [0.25, 0.3) is 0 Å². The Morgan fingerprint density at radius 2 is 2.00 bits per heavy atom. The summed E-state index contributed by atoms with van der Waals surface area (Å²) in [5.41, 5.74) is 0. The van der Waals surface area contributed by atoms with E-state index in [0.717, 1.165) is 0 Å². The Labute approximate surface area is 89.4 Å². The Kier molecular flexibility index (Phi) is 5.50. The predicted molar refractivity (Wildman–Crippen MR) is 62.1 cm³/mol. The molecule has 1 heterocycles. The third-order valence-corrected chi connectivity index (χ3v) is 3.18. The third-order valence-electron chi connectivity index (χ3n) is 2.42. The lowest BCUT2D eigenvalue weighted by atomic mass is 10.3. The molecule has 1 saturated heterocycles. The van der Waals surface area contributed by atoms with Gasteiger partial charge in [0.15, 0.2) is 0 Å². The van der Waals surface area contributed by atoms with Gasteiger partial charge in [0, 0.05) is 17.5 Å². The van der Waals surface area contributed by atoms with Crippen molar-refractivity contribution in [3.63, 3.8) is 0 Å². The largest absolute Gasteiger partial charge is 0.305 e. The van der Waals surface area contributed by atoms with E-state index in [9.17, 15) is 0 Å². The molecule has 12 heavy (non-hydrogen) atoms. The zero-order valence-electron chi connectivity index (χ0n) is 7.93. The molecule has 0 radical (unpaired) electrons. The van der Waals surface area contributed by atoms with Gasteiger partial charge in [0.05, 0.1) is 0 Å². The number of nitrogens with zero attached hydrogens (tertiary/aromatic N) is 2. The lowest BCUT2D eigenvalue weighted by Gasteiger charge is -2.19. The molecule has 0 saturated carbocycles. The van der Waals surface area contributed by atoms with Crippen molar-refractivity contribution in [3.8, 4) is 0 Å². The van der Waals surface area contributed by atoms with Gasteiger partial charge in [-0.25, -0.2) is 0 Å². The molecule has 1 fully saturated rings. The van der Waals surface area contributed by atoms with Gasteiger partial charge in [0.2, 0.25) is 0 Å². The van der Waals surface area contributed by atoms with Crippen LogP contribution in [0.15, 0.2) is 0 Å². The molecule has 72 valence electrons. The van der Waals surface area contributed by atoms with Crippen LogP contribution in [0.3, 0.4) is 0 Å². The van der Waals surface area contributed by atoms with Crippen molar-refractivity contribution >= 4 is 22.6 Å². The molecule has 1 aliphatic rings. The first-order valence-corrected chi connectivity index (χ1v) is 6.32. The Bertz CT molecular complexity index is 117. The molecule has 0 amide bonds. The molecule has 3 heteroatoms. The molecule has 0 spiro atoms. The fourth-order valence-corrected chi connectivity index (χ4v) is 1.95. The summed E-state index contributed by atoms with van der Waals surface area (Å²) in [6.07, 6.45) is 2.70. The topological polar surface area (TPSA) is 6.48 Å². The molecule has 0 bridgehead atoms. The average Bonchev–Trinajstić information content (AvgIpc) is 2.27. The number of hydrogen-bond donors (Lipinski definition) is 0. The van der Waals surface area contributed by atoms with Gasteiger partial charge in [-0.05, 0) is 39.5 Å². The summed E-state index contributed by atoms with van der Waals surface area (Å²) in [5.74, 6) is 0. The maximum atomic E-state index is 2.60. The highest BCUT2D eigenvalue weighted by molar-refractivity contribution is 14.1. The van der Waals surface area contributed by atoms with Crippen LogP contribution in [0, 0.1) is 0 Å². The summed E-state index contributed by atoms with van der Waals surface area (Å²) in [4.78, 5) is 5.03. The van der Waals surface area contributed by atoms with Crippen molar-refractivity contribution in [2.45, 2.75) is 12.8 Å². The van der Waals surface area contributed by atoms with E-state index >= 15 is 0 Å². The molecular weight excluding hydrogens is 263 g/mol. The van der Waals surface area contributed by atoms with Crippen molar-refractivity contribution < 1.29 is 0 Å². The maximum Gasteiger partial charge on any atom is 0.0109 e. The first-order chi connectivity index (χ1) is 5.83. The summed E-state index contributed by atoms with van der Waals surface area (Å²) in [6.45, 7) is 6.41. The van der Waals surface area contributed by atoms with Gasteiger partial charge in [0.1, 0.15) is 0 Å². The highest BCUT2D eigenvalue weighted by atomic mass is 127. The minimum atomic E-state index is 1.25. The van der Waals surface area contributed by atoms with Crippen LogP contribution in [0.1, 0.15) is 12.8 Å². The number of hydrogen-bond acceptors (Lipinski definition) is 2. The van der Waals surface area contributed by atoms with E-state index in [1.807, 2.05) is 0 Å². The third kappa shape index (κ3) is 4.05. The molecule has 0 unspecified atom stereocenters. The fraction of sp³-hybridized carbons (Fsp3) is 1.00. The number of likely N-dealkylation sites (N-methyl/N-ethyl adjacent to an activating group) is 1. The fourth-order valence-electron chi connectivity index (χ4n) is 1.61. The lowest BCUT2D eigenvalue weighted by molar-refractivity contribution is 0.278. The summed E-state index contributed by atoms with van der Waals surface area (Å²) in [5, 5.41) is 0. The van der Waals surface area contributed by atoms with Crippen LogP contribution >= 0.6 is 22.6 Å². The number of rotatable bonds is 3. The lowest BCUT2D eigenvalue weighted by Crippen LogP contribution is -2.29. The SMILES string of the molecule is CN1CCCN(CCCI)CC1. The molecule has 1 aliphatic heterocycles.